The third-order valence-corrected chi connectivity index (χ3v) is 4.41. The number of thiophene rings is 1. The second kappa shape index (κ2) is 6.55. The summed E-state index contributed by atoms with van der Waals surface area (Å²) < 4.78 is 0. The Morgan fingerprint density at radius 1 is 1.61 bits per heavy atom. The Morgan fingerprint density at radius 2 is 2.39 bits per heavy atom. The van der Waals surface area contributed by atoms with Crippen LogP contribution in [-0.4, -0.2) is 25.0 Å². The van der Waals surface area contributed by atoms with Crippen LogP contribution in [0.4, 0.5) is 0 Å². The van der Waals surface area contributed by atoms with Gasteiger partial charge >= 0.3 is 0 Å². The zero-order valence-corrected chi connectivity index (χ0v) is 12.5. The number of nitrogens with one attached hydrogen (secondary N) is 2. The first-order valence-electron chi connectivity index (χ1n) is 6.15. The summed E-state index contributed by atoms with van der Waals surface area (Å²) in [6, 6.07) is 4.14. The van der Waals surface area contributed by atoms with Gasteiger partial charge in [-0.3, -0.25) is 4.79 Å². The van der Waals surface area contributed by atoms with Gasteiger partial charge in [0.1, 0.15) is 0 Å². The van der Waals surface area contributed by atoms with Crippen LogP contribution in [0.5, 0.6) is 0 Å². The van der Waals surface area contributed by atoms with Crippen molar-refractivity contribution in [3.8, 4) is 0 Å². The molecule has 1 aromatic heterocycles. The molecular weight excluding hydrogens is 268 g/mol. The molecule has 0 saturated carbocycles. The van der Waals surface area contributed by atoms with E-state index in [1.807, 2.05) is 17.5 Å². The van der Waals surface area contributed by atoms with Gasteiger partial charge in [-0.2, -0.15) is 0 Å². The third-order valence-electron chi connectivity index (χ3n) is 3.54. The van der Waals surface area contributed by atoms with Crippen LogP contribution in [0.15, 0.2) is 17.5 Å². The molecule has 0 radical (unpaired) electrons. The monoisotopic (exact) mass is 288 g/mol. The predicted molar refractivity (Wildman–Crippen MR) is 78.7 cm³/mol. The van der Waals surface area contributed by atoms with Gasteiger partial charge in [0.05, 0.1) is 4.88 Å². The standard InChI is InChI=1S/C13H20N2OS.ClH/c1-13(2)6-4-7-14-11(13)9-15-12(16)10-5-3-8-17-10;/h3,5,8,11,14H,4,6-7,9H2,1-2H3,(H,15,16);1H. The van der Waals surface area contributed by atoms with Crippen LogP contribution in [0, 0.1) is 5.41 Å². The Hall–Kier alpha value is -0.580. The number of rotatable bonds is 3. The highest BCUT2D eigenvalue weighted by atomic mass is 35.5. The molecule has 1 amide bonds. The molecular formula is C13H21ClN2OS. The minimum absolute atomic E-state index is 0. The summed E-state index contributed by atoms with van der Waals surface area (Å²) in [5, 5.41) is 8.45. The quantitative estimate of drug-likeness (QED) is 0.898. The number of carbonyl (C=O) groups excluding carboxylic acids is 1. The molecule has 0 aliphatic carbocycles. The number of amides is 1. The lowest BCUT2D eigenvalue weighted by molar-refractivity contribution is 0.0933. The largest absolute Gasteiger partial charge is 0.350 e. The average Bonchev–Trinajstić information content (AvgIpc) is 2.80. The maximum atomic E-state index is 11.8. The minimum atomic E-state index is 0. The SMILES string of the molecule is CC1(C)CCCNC1CNC(=O)c1cccs1.Cl. The number of hydrogen-bond acceptors (Lipinski definition) is 3. The van der Waals surface area contributed by atoms with Gasteiger partial charge in [0, 0.05) is 12.6 Å². The van der Waals surface area contributed by atoms with E-state index in [-0.39, 0.29) is 23.7 Å². The van der Waals surface area contributed by atoms with Gasteiger partial charge in [0.25, 0.3) is 5.91 Å². The first-order chi connectivity index (χ1) is 8.09. The molecule has 18 heavy (non-hydrogen) atoms. The van der Waals surface area contributed by atoms with Gasteiger partial charge in [0.15, 0.2) is 0 Å². The molecule has 1 aliphatic rings. The van der Waals surface area contributed by atoms with Crippen LogP contribution in [0.25, 0.3) is 0 Å². The van der Waals surface area contributed by atoms with Gasteiger partial charge in [-0.15, -0.1) is 23.7 Å². The molecule has 1 atom stereocenters. The molecule has 2 N–H and O–H groups in total. The molecule has 1 saturated heterocycles. The van der Waals surface area contributed by atoms with Crippen LogP contribution >= 0.6 is 23.7 Å². The van der Waals surface area contributed by atoms with E-state index in [2.05, 4.69) is 24.5 Å². The van der Waals surface area contributed by atoms with E-state index < -0.39 is 0 Å². The number of piperidine rings is 1. The second-order valence-electron chi connectivity index (χ2n) is 5.29. The van der Waals surface area contributed by atoms with Crippen LogP contribution in [0.3, 0.4) is 0 Å². The highest BCUT2D eigenvalue weighted by Gasteiger charge is 2.31. The van der Waals surface area contributed by atoms with Crippen molar-refractivity contribution in [2.24, 2.45) is 5.41 Å². The Balaban J connectivity index is 0.00000162. The Kier molecular flexibility index (Phi) is 5.63. The minimum Gasteiger partial charge on any atom is -0.350 e. The summed E-state index contributed by atoms with van der Waals surface area (Å²) in [5.41, 5.74) is 0.265. The van der Waals surface area contributed by atoms with Crippen LogP contribution in [0.1, 0.15) is 36.4 Å². The van der Waals surface area contributed by atoms with Gasteiger partial charge in [-0.1, -0.05) is 19.9 Å². The molecule has 102 valence electrons. The van der Waals surface area contributed by atoms with Crippen molar-refractivity contribution in [2.45, 2.75) is 32.7 Å². The van der Waals surface area contributed by atoms with Crippen molar-refractivity contribution >= 4 is 29.7 Å². The molecule has 2 heterocycles. The first-order valence-corrected chi connectivity index (χ1v) is 7.03. The maximum Gasteiger partial charge on any atom is 0.261 e. The van der Waals surface area contributed by atoms with Crippen LogP contribution < -0.4 is 10.6 Å². The number of carbonyl (C=O) groups is 1. The smallest absolute Gasteiger partial charge is 0.261 e. The molecule has 1 fully saturated rings. The van der Waals surface area contributed by atoms with Crippen molar-refractivity contribution in [1.82, 2.24) is 10.6 Å². The Labute approximate surface area is 119 Å². The van der Waals surface area contributed by atoms with E-state index in [0.29, 0.717) is 12.6 Å². The molecule has 3 nitrogen and oxygen atoms in total. The topological polar surface area (TPSA) is 41.1 Å². The normalized spacial score (nSPS) is 22.0. The van der Waals surface area contributed by atoms with Crippen molar-refractivity contribution in [3.63, 3.8) is 0 Å². The van der Waals surface area contributed by atoms with Crippen LogP contribution in [0.2, 0.25) is 0 Å². The summed E-state index contributed by atoms with van der Waals surface area (Å²) in [7, 11) is 0. The van der Waals surface area contributed by atoms with Gasteiger partial charge < -0.3 is 10.6 Å². The lowest BCUT2D eigenvalue weighted by atomic mass is 9.77. The molecule has 0 bridgehead atoms. The molecule has 1 unspecified atom stereocenters. The van der Waals surface area contributed by atoms with Gasteiger partial charge in [-0.05, 0) is 36.2 Å². The number of halogens is 1. The lowest BCUT2D eigenvalue weighted by Crippen LogP contribution is -2.52. The van der Waals surface area contributed by atoms with E-state index in [0.717, 1.165) is 11.4 Å². The molecule has 0 spiro atoms. The first kappa shape index (κ1) is 15.5. The van der Waals surface area contributed by atoms with Crippen molar-refractivity contribution < 1.29 is 4.79 Å². The fraction of sp³-hybridized carbons (Fsp3) is 0.615. The van der Waals surface area contributed by atoms with E-state index in [4.69, 9.17) is 0 Å². The molecule has 0 aromatic carbocycles. The summed E-state index contributed by atoms with van der Waals surface area (Å²) in [4.78, 5) is 12.6. The summed E-state index contributed by atoms with van der Waals surface area (Å²) in [6.45, 7) is 6.30. The highest BCUT2D eigenvalue weighted by Crippen LogP contribution is 2.29. The fourth-order valence-corrected chi connectivity index (χ4v) is 2.95. The third kappa shape index (κ3) is 3.70. The summed E-state index contributed by atoms with van der Waals surface area (Å²) in [5.74, 6) is 0.0446. The molecule has 1 aromatic rings. The van der Waals surface area contributed by atoms with E-state index >= 15 is 0 Å². The number of hydrogen-bond donors (Lipinski definition) is 2. The Bertz CT molecular complexity index is 378. The van der Waals surface area contributed by atoms with Crippen molar-refractivity contribution in [1.29, 1.82) is 0 Å². The van der Waals surface area contributed by atoms with E-state index in [1.54, 1.807) is 0 Å². The second-order valence-corrected chi connectivity index (χ2v) is 6.23. The molecule has 1 aliphatic heterocycles. The predicted octanol–water partition coefficient (Wildman–Crippen LogP) is 2.68. The zero-order valence-electron chi connectivity index (χ0n) is 10.9. The van der Waals surface area contributed by atoms with E-state index in [9.17, 15) is 4.79 Å². The fourth-order valence-electron chi connectivity index (χ4n) is 2.31. The van der Waals surface area contributed by atoms with Gasteiger partial charge in [-0.25, -0.2) is 0 Å². The highest BCUT2D eigenvalue weighted by molar-refractivity contribution is 7.12. The summed E-state index contributed by atoms with van der Waals surface area (Å²) in [6.07, 6.45) is 2.45. The lowest BCUT2D eigenvalue weighted by Gasteiger charge is -2.39. The van der Waals surface area contributed by atoms with Crippen molar-refractivity contribution in [3.05, 3.63) is 22.4 Å². The van der Waals surface area contributed by atoms with Crippen LogP contribution in [-0.2, 0) is 0 Å². The summed E-state index contributed by atoms with van der Waals surface area (Å²) >= 11 is 1.49. The zero-order chi connectivity index (χ0) is 12.3. The molecule has 5 heteroatoms. The van der Waals surface area contributed by atoms with E-state index in [1.165, 1.54) is 24.2 Å². The van der Waals surface area contributed by atoms with Crippen molar-refractivity contribution in [2.75, 3.05) is 13.1 Å². The average molecular weight is 289 g/mol. The molecule has 2 rings (SSSR count). The Morgan fingerprint density at radius 3 is 3.00 bits per heavy atom. The maximum absolute atomic E-state index is 11.8. The van der Waals surface area contributed by atoms with Gasteiger partial charge in [0.2, 0.25) is 0 Å².